The van der Waals surface area contributed by atoms with Gasteiger partial charge in [-0.3, -0.25) is 0 Å². The first-order valence-electron chi connectivity index (χ1n) is 4.83. The van der Waals surface area contributed by atoms with Gasteiger partial charge < -0.3 is 4.98 Å². The molecule has 0 aromatic carbocycles. The monoisotopic (exact) mass is 326 g/mol. The lowest BCUT2D eigenvalue weighted by molar-refractivity contribution is 1.08. The molecule has 3 aromatic heterocycles. The number of thiophene rings is 1. The highest BCUT2D eigenvalue weighted by molar-refractivity contribution is 9.10. The van der Waals surface area contributed by atoms with Crippen LogP contribution >= 0.6 is 39.0 Å². The minimum absolute atomic E-state index is 0.717. The fourth-order valence-electron chi connectivity index (χ4n) is 1.42. The third-order valence-corrected chi connectivity index (χ3v) is 5.08. The minimum Gasteiger partial charge on any atom is -0.341 e. The number of imidazole rings is 1. The smallest absolute Gasteiger partial charge is 0.181 e. The average Bonchev–Trinajstić information content (AvgIpc) is 2.94. The number of aromatic nitrogens is 4. The van der Waals surface area contributed by atoms with Crippen molar-refractivity contribution in [1.82, 2.24) is 19.9 Å². The zero-order valence-electron chi connectivity index (χ0n) is 8.55. The Morgan fingerprint density at radius 1 is 1.35 bits per heavy atom. The molecule has 0 fully saturated rings. The Bertz CT molecular complexity index is 648. The van der Waals surface area contributed by atoms with E-state index in [1.54, 1.807) is 35.8 Å². The Morgan fingerprint density at radius 2 is 2.29 bits per heavy atom. The van der Waals surface area contributed by atoms with Crippen molar-refractivity contribution in [1.29, 1.82) is 0 Å². The van der Waals surface area contributed by atoms with E-state index in [2.05, 4.69) is 47.3 Å². The Labute approximate surface area is 114 Å². The highest BCUT2D eigenvalue weighted by atomic mass is 79.9. The van der Waals surface area contributed by atoms with E-state index < -0.39 is 0 Å². The van der Waals surface area contributed by atoms with Crippen molar-refractivity contribution in [2.45, 2.75) is 10.8 Å². The lowest BCUT2D eigenvalue weighted by Gasteiger charge is -1.99. The molecule has 0 spiro atoms. The first-order valence-corrected chi connectivity index (χ1v) is 7.48. The predicted molar refractivity (Wildman–Crippen MR) is 73.3 cm³/mol. The average molecular weight is 327 g/mol. The number of aromatic amines is 1. The second-order valence-corrected chi connectivity index (χ2v) is 6.18. The van der Waals surface area contributed by atoms with Gasteiger partial charge in [0.1, 0.15) is 16.9 Å². The van der Waals surface area contributed by atoms with Crippen molar-refractivity contribution in [2.24, 2.45) is 0 Å². The van der Waals surface area contributed by atoms with Crippen LogP contribution in [0.4, 0.5) is 0 Å². The molecule has 0 atom stereocenters. The molecule has 1 N–H and O–H groups in total. The molecule has 0 amide bonds. The van der Waals surface area contributed by atoms with E-state index in [1.807, 2.05) is 0 Å². The number of hydrogen-bond donors (Lipinski definition) is 1. The summed E-state index contributed by atoms with van der Waals surface area (Å²) in [5, 5.41) is 3.03. The third kappa shape index (κ3) is 2.36. The fourth-order valence-corrected chi connectivity index (χ4v) is 3.88. The number of hydrogen-bond acceptors (Lipinski definition) is 5. The molecule has 86 valence electrons. The summed E-state index contributed by atoms with van der Waals surface area (Å²) in [7, 11) is 0. The summed E-state index contributed by atoms with van der Waals surface area (Å²) in [6, 6.07) is 2.13. The maximum atomic E-state index is 4.27. The number of nitrogens with one attached hydrogen (secondary N) is 1. The lowest BCUT2D eigenvalue weighted by Crippen LogP contribution is -1.86. The molecular weight excluding hydrogens is 320 g/mol. The molecule has 0 aliphatic rings. The van der Waals surface area contributed by atoms with E-state index in [9.17, 15) is 0 Å². The highest BCUT2D eigenvalue weighted by Crippen LogP contribution is 2.29. The summed E-state index contributed by atoms with van der Waals surface area (Å²) in [6.07, 6.45) is 3.20. The molecule has 3 rings (SSSR count). The SMILES string of the molecule is Brc1csc(CSc2ncnc3nc[nH]c23)c1. The van der Waals surface area contributed by atoms with Crippen LogP contribution < -0.4 is 0 Å². The Balaban J connectivity index is 1.83. The van der Waals surface area contributed by atoms with Gasteiger partial charge >= 0.3 is 0 Å². The van der Waals surface area contributed by atoms with Crippen molar-refractivity contribution < 1.29 is 0 Å². The van der Waals surface area contributed by atoms with E-state index in [4.69, 9.17) is 0 Å². The van der Waals surface area contributed by atoms with Crippen LogP contribution in [0.2, 0.25) is 0 Å². The summed E-state index contributed by atoms with van der Waals surface area (Å²) in [5.41, 5.74) is 1.63. The van der Waals surface area contributed by atoms with E-state index in [0.29, 0.717) is 0 Å². The van der Waals surface area contributed by atoms with Gasteiger partial charge in [-0.15, -0.1) is 11.3 Å². The van der Waals surface area contributed by atoms with Crippen LogP contribution in [-0.2, 0) is 5.75 Å². The first-order chi connectivity index (χ1) is 8.33. The number of H-pyrrole nitrogens is 1. The van der Waals surface area contributed by atoms with Gasteiger partial charge in [-0.1, -0.05) is 11.8 Å². The quantitative estimate of drug-likeness (QED) is 0.591. The summed E-state index contributed by atoms with van der Waals surface area (Å²) >= 11 is 6.88. The second-order valence-electron chi connectivity index (χ2n) is 3.30. The fraction of sp³-hybridized carbons (Fsp3) is 0.100. The molecule has 0 unspecified atom stereocenters. The molecule has 4 nitrogen and oxygen atoms in total. The Morgan fingerprint density at radius 3 is 3.12 bits per heavy atom. The van der Waals surface area contributed by atoms with Crippen LogP contribution in [0.15, 0.2) is 33.6 Å². The van der Waals surface area contributed by atoms with Crippen molar-refractivity contribution in [2.75, 3.05) is 0 Å². The molecule has 0 saturated carbocycles. The topological polar surface area (TPSA) is 54.5 Å². The molecule has 3 heterocycles. The number of nitrogens with zero attached hydrogens (tertiary/aromatic N) is 3. The van der Waals surface area contributed by atoms with Crippen molar-refractivity contribution in [3.05, 3.63) is 33.5 Å². The molecule has 0 radical (unpaired) electrons. The number of rotatable bonds is 3. The summed E-state index contributed by atoms with van der Waals surface area (Å²) in [5.74, 6) is 0.904. The van der Waals surface area contributed by atoms with Gasteiger partial charge in [0.25, 0.3) is 0 Å². The van der Waals surface area contributed by atoms with Crippen molar-refractivity contribution in [3.8, 4) is 0 Å². The van der Waals surface area contributed by atoms with Crippen molar-refractivity contribution >= 4 is 50.2 Å². The summed E-state index contributed by atoms with van der Waals surface area (Å²) < 4.78 is 1.13. The van der Waals surface area contributed by atoms with Gasteiger partial charge in [-0.2, -0.15) is 0 Å². The largest absolute Gasteiger partial charge is 0.341 e. The van der Waals surface area contributed by atoms with Crippen LogP contribution in [-0.4, -0.2) is 19.9 Å². The van der Waals surface area contributed by atoms with Crippen molar-refractivity contribution in [3.63, 3.8) is 0 Å². The Kier molecular flexibility index (Phi) is 3.13. The maximum absolute atomic E-state index is 4.27. The first kappa shape index (κ1) is 11.2. The van der Waals surface area contributed by atoms with Crippen LogP contribution in [0.1, 0.15) is 4.88 Å². The molecule has 0 aliphatic carbocycles. The van der Waals surface area contributed by atoms with Gasteiger partial charge in [0.2, 0.25) is 0 Å². The number of thioether (sulfide) groups is 1. The molecule has 0 saturated heterocycles. The molecule has 0 aliphatic heterocycles. The molecule has 0 bridgehead atoms. The van der Waals surface area contributed by atoms with Crippen LogP contribution in [0.3, 0.4) is 0 Å². The normalized spacial score (nSPS) is 11.1. The van der Waals surface area contributed by atoms with Gasteiger partial charge in [-0.25, -0.2) is 15.0 Å². The van der Waals surface area contributed by atoms with E-state index in [0.717, 1.165) is 26.4 Å². The number of halogens is 1. The number of fused-ring (bicyclic) bond motifs is 1. The van der Waals surface area contributed by atoms with Gasteiger partial charge in [0.15, 0.2) is 5.65 Å². The molecular formula is C10H7BrN4S2. The minimum atomic E-state index is 0.717. The zero-order chi connectivity index (χ0) is 11.7. The molecule has 3 aromatic rings. The Hall–Kier alpha value is -0.920. The third-order valence-electron chi connectivity index (χ3n) is 2.16. The predicted octanol–water partition coefficient (Wildman–Crippen LogP) is 3.47. The van der Waals surface area contributed by atoms with E-state index >= 15 is 0 Å². The lowest BCUT2D eigenvalue weighted by atomic mass is 10.5. The van der Waals surface area contributed by atoms with E-state index in [-0.39, 0.29) is 0 Å². The maximum Gasteiger partial charge on any atom is 0.181 e. The van der Waals surface area contributed by atoms with E-state index in [1.165, 1.54) is 4.88 Å². The second kappa shape index (κ2) is 4.75. The van der Waals surface area contributed by atoms with Crippen LogP contribution in [0, 0.1) is 0 Å². The van der Waals surface area contributed by atoms with Crippen LogP contribution in [0.5, 0.6) is 0 Å². The molecule has 17 heavy (non-hydrogen) atoms. The summed E-state index contributed by atoms with van der Waals surface area (Å²) in [4.78, 5) is 16.9. The zero-order valence-corrected chi connectivity index (χ0v) is 11.8. The van der Waals surface area contributed by atoms with Gasteiger partial charge in [0, 0.05) is 20.5 Å². The summed E-state index contributed by atoms with van der Waals surface area (Å²) in [6.45, 7) is 0. The van der Waals surface area contributed by atoms with Crippen LogP contribution in [0.25, 0.3) is 11.2 Å². The standard InChI is InChI=1S/C10H7BrN4S2/c11-6-1-7(16-2-6)3-17-10-8-9(13-4-12-8)14-5-15-10/h1-2,4-5H,3H2,(H,12,13,14,15). The van der Waals surface area contributed by atoms with Gasteiger partial charge in [0.05, 0.1) is 6.33 Å². The molecule has 7 heteroatoms. The highest BCUT2D eigenvalue weighted by Gasteiger charge is 2.07. The van der Waals surface area contributed by atoms with Gasteiger partial charge in [-0.05, 0) is 22.0 Å².